The minimum atomic E-state index is -3.97. The van der Waals surface area contributed by atoms with Crippen LogP contribution in [-0.4, -0.2) is 61.1 Å². The van der Waals surface area contributed by atoms with E-state index in [4.69, 9.17) is 5.73 Å². The van der Waals surface area contributed by atoms with E-state index in [1.165, 1.54) is 6.07 Å². The smallest absolute Gasteiger partial charge is 0.242 e. The molecular formula is C20H26N4O4S. The Morgan fingerprint density at radius 3 is 2.66 bits per heavy atom. The molecule has 2 heterocycles. The van der Waals surface area contributed by atoms with E-state index in [9.17, 15) is 18.3 Å². The third-order valence-corrected chi connectivity index (χ3v) is 6.77. The number of carbonyl (C=O) groups excluding carboxylic acids is 1. The summed E-state index contributed by atoms with van der Waals surface area (Å²) in [6.07, 6.45) is 3.84. The highest BCUT2D eigenvalue weighted by molar-refractivity contribution is 7.89. The minimum absolute atomic E-state index is 0.0965. The molecule has 2 aromatic rings. The maximum absolute atomic E-state index is 13.1. The number of likely N-dealkylation sites (tertiary alicyclic amines) is 1. The highest BCUT2D eigenvalue weighted by Crippen LogP contribution is 2.27. The van der Waals surface area contributed by atoms with E-state index < -0.39 is 22.2 Å². The molecule has 3 rings (SSSR count). The number of aromatic nitrogens is 1. The van der Waals surface area contributed by atoms with Gasteiger partial charge in [-0.05, 0) is 43.0 Å². The number of nitrogens with zero attached hydrogens (tertiary/aromatic N) is 2. The van der Waals surface area contributed by atoms with Gasteiger partial charge in [0, 0.05) is 37.6 Å². The summed E-state index contributed by atoms with van der Waals surface area (Å²) in [5, 5.41) is 9.61. The van der Waals surface area contributed by atoms with E-state index >= 15 is 0 Å². The lowest BCUT2D eigenvalue weighted by atomic mass is 10.0. The molecule has 1 saturated heterocycles. The van der Waals surface area contributed by atoms with Gasteiger partial charge < -0.3 is 15.7 Å². The van der Waals surface area contributed by atoms with Gasteiger partial charge in [-0.2, -0.15) is 4.72 Å². The van der Waals surface area contributed by atoms with Crippen LogP contribution in [0, 0.1) is 6.92 Å². The van der Waals surface area contributed by atoms with E-state index in [1.807, 2.05) is 12.1 Å². The number of pyridine rings is 1. The van der Waals surface area contributed by atoms with Gasteiger partial charge in [0.2, 0.25) is 15.9 Å². The van der Waals surface area contributed by atoms with Crippen LogP contribution < -0.4 is 10.5 Å². The Balaban J connectivity index is 1.84. The molecule has 0 radical (unpaired) electrons. The number of sulfonamides is 1. The number of nitrogens with two attached hydrogens (primary N) is 1. The molecule has 8 nitrogen and oxygen atoms in total. The average Bonchev–Trinajstić information content (AvgIpc) is 2.73. The summed E-state index contributed by atoms with van der Waals surface area (Å²) >= 11 is 0. The zero-order valence-electron chi connectivity index (χ0n) is 16.3. The molecule has 1 aromatic carbocycles. The largest absolute Gasteiger partial charge is 0.393 e. The summed E-state index contributed by atoms with van der Waals surface area (Å²) in [5.74, 6) is -0.371. The van der Waals surface area contributed by atoms with Crippen molar-refractivity contribution in [2.24, 2.45) is 5.73 Å². The molecule has 1 aliphatic heterocycles. The average molecular weight is 419 g/mol. The number of benzene rings is 1. The van der Waals surface area contributed by atoms with Crippen LogP contribution in [0.3, 0.4) is 0 Å². The maximum Gasteiger partial charge on any atom is 0.242 e. The number of rotatable bonds is 6. The van der Waals surface area contributed by atoms with Crippen LogP contribution >= 0.6 is 0 Å². The summed E-state index contributed by atoms with van der Waals surface area (Å²) < 4.78 is 28.6. The molecule has 4 N–H and O–H groups in total. The third-order valence-electron chi connectivity index (χ3n) is 5.15. The Bertz CT molecular complexity index is 958. The van der Waals surface area contributed by atoms with Gasteiger partial charge in [0.25, 0.3) is 0 Å². The molecule has 29 heavy (non-hydrogen) atoms. The molecule has 0 bridgehead atoms. The molecule has 1 aliphatic rings. The molecule has 1 amide bonds. The van der Waals surface area contributed by atoms with Crippen LogP contribution in [-0.2, 0) is 14.8 Å². The number of amides is 1. The number of carbonyl (C=O) groups is 1. The summed E-state index contributed by atoms with van der Waals surface area (Å²) in [5.41, 5.74) is 7.84. The molecule has 1 atom stereocenters. The zero-order chi connectivity index (χ0) is 21.0. The summed E-state index contributed by atoms with van der Waals surface area (Å²) in [6.45, 7) is 2.34. The van der Waals surface area contributed by atoms with Gasteiger partial charge in [0.15, 0.2) is 0 Å². The fourth-order valence-electron chi connectivity index (χ4n) is 3.50. The Morgan fingerprint density at radius 2 is 2.03 bits per heavy atom. The normalized spacial score (nSPS) is 16.6. The van der Waals surface area contributed by atoms with Crippen LogP contribution in [0.1, 0.15) is 18.4 Å². The van der Waals surface area contributed by atoms with Crippen molar-refractivity contribution in [3.63, 3.8) is 0 Å². The van der Waals surface area contributed by atoms with Gasteiger partial charge in [-0.15, -0.1) is 0 Å². The lowest BCUT2D eigenvalue weighted by Gasteiger charge is -2.32. The lowest BCUT2D eigenvalue weighted by molar-refractivity contribution is -0.134. The second kappa shape index (κ2) is 9.00. The second-order valence-corrected chi connectivity index (χ2v) is 8.82. The van der Waals surface area contributed by atoms with Gasteiger partial charge in [0.05, 0.1) is 11.0 Å². The van der Waals surface area contributed by atoms with Crippen LogP contribution in [0.2, 0.25) is 0 Å². The molecule has 0 aliphatic carbocycles. The van der Waals surface area contributed by atoms with Gasteiger partial charge in [-0.1, -0.05) is 18.2 Å². The fourth-order valence-corrected chi connectivity index (χ4v) is 4.97. The van der Waals surface area contributed by atoms with E-state index in [2.05, 4.69) is 9.71 Å². The maximum atomic E-state index is 13.1. The van der Waals surface area contributed by atoms with Crippen molar-refractivity contribution in [2.45, 2.75) is 36.8 Å². The Hall–Kier alpha value is -2.33. The molecular weight excluding hydrogens is 392 g/mol. The first kappa shape index (κ1) is 21.4. The molecule has 1 fully saturated rings. The number of piperidine rings is 1. The van der Waals surface area contributed by atoms with E-state index in [0.29, 0.717) is 31.5 Å². The SMILES string of the molecule is Cc1c(-c2cccnc2)cccc1S(=O)(=O)N[C@@H](CN)C(=O)N1CCC(O)CC1. The zero-order valence-corrected chi connectivity index (χ0v) is 17.1. The lowest BCUT2D eigenvalue weighted by Crippen LogP contribution is -2.54. The van der Waals surface area contributed by atoms with Gasteiger partial charge in [0.1, 0.15) is 6.04 Å². The van der Waals surface area contributed by atoms with Crippen molar-refractivity contribution in [2.75, 3.05) is 19.6 Å². The van der Waals surface area contributed by atoms with E-state index in [0.717, 1.165) is 11.1 Å². The van der Waals surface area contributed by atoms with Crippen molar-refractivity contribution in [3.8, 4) is 11.1 Å². The predicted molar refractivity (Wildman–Crippen MR) is 109 cm³/mol. The number of hydrogen-bond acceptors (Lipinski definition) is 6. The molecule has 9 heteroatoms. The number of aliphatic hydroxyl groups is 1. The van der Waals surface area contributed by atoms with Gasteiger partial charge >= 0.3 is 0 Å². The summed E-state index contributed by atoms with van der Waals surface area (Å²) in [7, 11) is -3.97. The van der Waals surface area contributed by atoms with Crippen molar-refractivity contribution in [1.29, 1.82) is 0 Å². The molecule has 0 unspecified atom stereocenters. The predicted octanol–water partition coefficient (Wildman–Crippen LogP) is 0.646. The number of aliphatic hydroxyl groups excluding tert-OH is 1. The highest BCUT2D eigenvalue weighted by atomic mass is 32.2. The quantitative estimate of drug-likeness (QED) is 0.632. The number of nitrogens with one attached hydrogen (secondary N) is 1. The highest BCUT2D eigenvalue weighted by Gasteiger charge is 2.31. The van der Waals surface area contributed by atoms with Crippen LogP contribution in [0.5, 0.6) is 0 Å². The second-order valence-electron chi connectivity index (χ2n) is 7.14. The molecule has 156 valence electrons. The fraction of sp³-hybridized carbons (Fsp3) is 0.400. The van der Waals surface area contributed by atoms with E-state index in [1.54, 1.807) is 36.4 Å². The first-order chi connectivity index (χ1) is 13.8. The van der Waals surface area contributed by atoms with Crippen molar-refractivity contribution < 1.29 is 18.3 Å². The summed E-state index contributed by atoms with van der Waals surface area (Å²) in [4.78, 5) is 18.5. The number of hydrogen-bond donors (Lipinski definition) is 3. The van der Waals surface area contributed by atoms with Crippen LogP contribution in [0.25, 0.3) is 11.1 Å². The minimum Gasteiger partial charge on any atom is -0.393 e. The van der Waals surface area contributed by atoms with Crippen molar-refractivity contribution in [1.82, 2.24) is 14.6 Å². The Morgan fingerprint density at radius 1 is 1.31 bits per heavy atom. The van der Waals surface area contributed by atoms with Gasteiger partial charge in [-0.25, -0.2) is 8.42 Å². The standard InChI is InChI=1S/C20H26N4O4S/c1-14-17(15-4-3-9-22-13-15)5-2-6-19(14)29(27,28)23-18(12-21)20(26)24-10-7-16(25)8-11-24/h2-6,9,13,16,18,23,25H,7-8,10-12,21H2,1H3/t18-/m0/s1. The van der Waals surface area contributed by atoms with Crippen LogP contribution in [0.15, 0.2) is 47.6 Å². The van der Waals surface area contributed by atoms with Gasteiger partial charge in [-0.3, -0.25) is 9.78 Å². The molecule has 0 spiro atoms. The molecule has 0 saturated carbocycles. The first-order valence-electron chi connectivity index (χ1n) is 9.52. The Labute approximate surface area is 170 Å². The van der Waals surface area contributed by atoms with Crippen LogP contribution in [0.4, 0.5) is 0 Å². The first-order valence-corrected chi connectivity index (χ1v) is 11.0. The molecule has 1 aromatic heterocycles. The van der Waals surface area contributed by atoms with Crippen molar-refractivity contribution in [3.05, 3.63) is 48.3 Å². The van der Waals surface area contributed by atoms with Crippen molar-refractivity contribution >= 4 is 15.9 Å². The monoisotopic (exact) mass is 418 g/mol. The topological polar surface area (TPSA) is 126 Å². The third kappa shape index (κ3) is 4.81. The van der Waals surface area contributed by atoms with E-state index in [-0.39, 0.29) is 17.3 Å². The Kier molecular flexibility index (Phi) is 6.63. The summed E-state index contributed by atoms with van der Waals surface area (Å²) in [6, 6.07) is 7.58.